The summed E-state index contributed by atoms with van der Waals surface area (Å²) >= 11 is 5.43. The van der Waals surface area contributed by atoms with Crippen LogP contribution in [-0.2, 0) is 22.7 Å². The van der Waals surface area contributed by atoms with Gasteiger partial charge in [-0.05, 0) is 72.6 Å². The highest BCUT2D eigenvalue weighted by atomic mass is 32.1. The number of ether oxygens (including phenoxy) is 2. The van der Waals surface area contributed by atoms with Crippen LogP contribution in [0.5, 0.6) is 17.2 Å². The van der Waals surface area contributed by atoms with Crippen molar-refractivity contribution in [2.24, 2.45) is 5.92 Å². The first-order valence-corrected chi connectivity index (χ1v) is 19.6. The van der Waals surface area contributed by atoms with Crippen LogP contribution in [0, 0.1) is 5.92 Å². The van der Waals surface area contributed by atoms with Gasteiger partial charge < -0.3 is 46.3 Å². The van der Waals surface area contributed by atoms with Crippen LogP contribution in [-0.4, -0.2) is 61.8 Å². The molecule has 1 aromatic heterocycles. The molecular weight excluding hydrogens is 779 g/mol. The van der Waals surface area contributed by atoms with Crippen molar-refractivity contribution in [3.63, 3.8) is 0 Å². The van der Waals surface area contributed by atoms with Gasteiger partial charge in [0.2, 0.25) is 0 Å². The molecule has 7 rings (SSSR count). The summed E-state index contributed by atoms with van der Waals surface area (Å²) in [5.41, 5.74) is 2.07. The number of carboxylic acid groups (broad SMARTS) is 1. The molecule has 3 aromatic carbocycles. The zero-order chi connectivity index (χ0) is 41.8. The number of fused-ring (bicyclic) bond motifs is 3. The number of aromatic carboxylic acids is 1. The van der Waals surface area contributed by atoms with E-state index in [1.807, 2.05) is 26.0 Å². The Morgan fingerprint density at radius 2 is 1.64 bits per heavy atom. The van der Waals surface area contributed by atoms with Gasteiger partial charge in [-0.1, -0.05) is 44.2 Å². The lowest BCUT2D eigenvalue weighted by atomic mass is 9.74. The lowest BCUT2D eigenvalue weighted by Crippen LogP contribution is -2.40. The molecule has 0 saturated heterocycles. The molecule has 3 heterocycles. The van der Waals surface area contributed by atoms with E-state index in [-0.39, 0.29) is 59.1 Å². The summed E-state index contributed by atoms with van der Waals surface area (Å²) < 4.78 is 14.5. The van der Waals surface area contributed by atoms with Gasteiger partial charge in [0.25, 0.3) is 11.5 Å². The van der Waals surface area contributed by atoms with E-state index in [4.69, 9.17) is 21.7 Å². The molecule has 17 heteroatoms. The van der Waals surface area contributed by atoms with Crippen molar-refractivity contribution in [1.82, 2.24) is 19.8 Å². The number of thiocarbonyl (C=S) groups is 1. The number of nitrogens with one attached hydrogen (secondary N) is 5. The van der Waals surface area contributed by atoms with Gasteiger partial charge >= 0.3 is 11.7 Å². The molecular formula is C42H43N7O9S. The summed E-state index contributed by atoms with van der Waals surface area (Å²) in [6.07, 6.45) is 5.44. The number of aromatic nitrogens is 2. The van der Waals surface area contributed by atoms with Crippen LogP contribution in [0.15, 0.2) is 94.2 Å². The number of carbonyl (C=O) groups excluding carboxylic acids is 2. The number of allylic oxidation sites excluding steroid dienone is 3. The van der Waals surface area contributed by atoms with Crippen LogP contribution < -0.4 is 47.3 Å². The van der Waals surface area contributed by atoms with Crippen LogP contribution in [0.4, 0.5) is 17.2 Å². The number of phenolic OH excluding ortho intramolecular Hbond substituents is 1. The first-order chi connectivity index (χ1) is 28.4. The van der Waals surface area contributed by atoms with E-state index < -0.39 is 24.0 Å². The average molecular weight is 822 g/mol. The smallest absolute Gasteiger partial charge is 0.336 e. The molecule has 0 fully saturated rings. The maximum atomic E-state index is 13.1. The topological polar surface area (TPSA) is 214 Å². The number of hydrogen-bond donors (Lipinski definition) is 7. The van der Waals surface area contributed by atoms with Crippen LogP contribution in [0.25, 0.3) is 0 Å². The lowest BCUT2D eigenvalue weighted by Gasteiger charge is -2.35. The maximum absolute atomic E-state index is 13.1. The molecule has 0 bridgehead atoms. The number of aromatic hydroxyl groups is 1. The molecule has 0 spiro atoms. The maximum Gasteiger partial charge on any atom is 0.336 e. The lowest BCUT2D eigenvalue weighted by molar-refractivity contribution is -0.123. The monoisotopic (exact) mass is 821 g/mol. The van der Waals surface area contributed by atoms with E-state index >= 15 is 0 Å². The minimum absolute atomic E-state index is 0.0182. The van der Waals surface area contributed by atoms with Gasteiger partial charge in [0.05, 0.1) is 5.56 Å². The Bertz CT molecular complexity index is 2510. The second-order valence-electron chi connectivity index (χ2n) is 14.2. The molecule has 3 aliphatic rings. The highest BCUT2D eigenvalue weighted by Crippen LogP contribution is 2.49. The quantitative estimate of drug-likeness (QED) is 0.0694. The Kier molecular flexibility index (Phi) is 11.8. The number of phenols is 1. The number of rotatable bonds is 14. The van der Waals surface area contributed by atoms with Gasteiger partial charge in [-0.2, -0.15) is 0 Å². The van der Waals surface area contributed by atoms with E-state index in [9.17, 15) is 34.2 Å². The first-order valence-electron chi connectivity index (χ1n) is 19.2. The summed E-state index contributed by atoms with van der Waals surface area (Å²) in [5.74, 6) is -1.12. The van der Waals surface area contributed by atoms with E-state index in [0.717, 1.165) is 12.0 Å². The number of carboxylic acids is 1. The normalized spacial score (nSPS) is 17.2. The van der Waals surface area contributed by atoms with Crippen molar-refractivity contribution < 1.29 is 34.1 Å². The Labute approximate surface area is 343 Å². The number of anilines is 3. The third-order valence-electron chi connectivity index (χ3n) is 10.1. The summed E-state index contributed by atoms with van der Waals surface area (Å²) in [7, 11) is 0. The molecule has 1 aliphatic carbocycles. The van der Waals surface area contributed by atoms with Gasteiger partial charge in [0.1, 0.15) is 40.7 Å². The first kappa shape index (κ1) is 40.3. The SMILES string of the molecule is CCCn1c2c(c(=O)n(CCC)c1=O)NC(c1ccc(OCC(=O)NCCNC(=S)Nc3ccc(C4c5ccc(O)cc5OC5=CC(=O)C=CC54)c(C(=O)O)c3)cc1)N2. The summed E-state index contributed by atoms with van der Waals surface area (Å²) in [6, 6.07) is 16.5. The summed E-state index contributed by atoms with van der Waals surface area (Å²) in [6.45, 7) is 4.94. The molecule has 0 saturated carbocycles. The molecule has 7 N–H and O–H groups in total. The van der Waals surface area contributed by atoms with E-state index in [1.54, 1.807) is 41.0 Å². The predicted octanol–water partition coefficient (Wildman–Crippen LogP) is 4.41. The third kappa shape index (κ3) is 8.55. The minimum Gasteiger partial charge on any atom is -0.508 e. The van der Waals surface area contributed by atoms with Gasteiger partial charge in [-0.15, -0.1) is 0 Å². The fourth-order valence-corrected chi connectivity index (χ4v) is 7.64. The van der Waals surface area contributed by atoms with Crippen molar-refractivity contribution in [1.29, 1.82) is 0 Å². The Balaban J connectivity index is 0.896. The van der Waals surface area contributed by atoms with Crippen LogP contribution in [0.3, 0.4) is 0 Å². The van der Waals surface area contributed by atoms with E-state index in [2.05, 4.69) is 26.6 Å². The molecule has 306 valence electrons. The van der Waals surface area contributed by atoms with Gasteiger partial charge in [-0.3, -0.25) is 23.5 Å². The molecule has 4 aromatic rings. The fraction of sp³-hybridized carbons (Fsp3) is 0.286. The van der Waals surface area contributed by atoms with Gasteiger partial charge in [0, 0.05) is 61.4 Å². The Morgan fingerprint density at radius 1 is 0.915 bits per heavy atom. The van der Waals surface area contributed by atoms with Crippen molar-refractivity contribution in [3.8, 4) is 17.2 Å². The Morgan fingerprint density at radius 3 is 2.39 bits per heavy atom. The summed E-state index contributed by atoms with van der Waals surface area (Å²) in [4.78, 5) is 63.4. The molecule has 2 aliphatic heterocycles. The van der Waals surface area contributed by atoms with Crippen LogP contribution >= 0.6 is 12.2 Å². The highest BCUT2D eigenvalue weighted by Gasteiger charge is 2.38. The molecule has 0 radical (unpaired) electrons. The zero-order valence-electron chi connectivity index (χ0n) is 32.2. The molecule has 16 nitrogen and oxygen atoms in total. The number of amides is 1. The second kappa shape index (κ2) is 17.3. The average Bonchev–Trinajstić information content (AvgIpc) is 3.67. The standard InChI is InChI=1S/C42H43N7O9S/c1-3-17-48-38-36(39(53)49(18-4-2)42(48)56)46-37(47-38)23-5-10-27(11-6-23)57-22-34(52)43-15-16-44-41(59)45-24-7-12-28(31(19-24)40(54)55)35-29-13-8-25(50)20-32(29)58-33-21-26(51)9-14-30(33)35/h5-14,19-21,29,35,37,46-47,51H,3-4,15-18,22H2,1-2H3,(H,43,52)(H,54,55)(H2,44,45,59). The van der Waals surface area contributed by atoms with Crippen molar-refractivity contribution in [2.45, 2.75) is 51.9 Å². The van der Waals surface area contributed by atoms with Crippen LogP contribution in [0.2, 0.25) is 0 Å². The number of ketones is 1. The predicted molar refractivity (Wildman–Crippen MR) is 224 cm³/mol. The number of benzene rings is 3. The second-order valence-corrected chi connectivity index (χ2v) is 14.6. The minimum atomic E-state index is -1.16. The van der Waals surface area contributed by atoms with Crippen molar-refractivity contribution in [2.75, 3.05) is 35.6 Å². The molecule has 3 unspecified atom stereocenters. The molecule has 59 heavy (non-hydrogen) atoms. The van der Waals surface area contributed by atoms with Crippen molar-refractivity contribution in [3.05, 3.63) is 128 Å². The molecule has 1 amide bonds. The fourth-order valence-electron chi connectivity index (χ4n) is 7.42. The van der Waals surface area contributed by atoms with Crippen molar-refractivity contribution >= 4 is 52.2 Å². The summed E-state index contributed by atoms with van der Waals surface area (Å²) in [5, 5.41) is 35.8. The largest absolute Gasteiger partial charge is 0.508 e. The zero-order valence-corrected chi connectivity index (χ0v) is 33.1. The van der Waals surface area contributed by atoms with E-state index in [1.165, 1.54) is 34.9 Å². The van der Waals surface area contributed by atoms with Gasteiger partial charge in [0.15, 0.2) is 17.5 Å². The third-order valence-corrected chi connectivity index (χ3v) is 10.3. The van der Waals surface area contributed by atoms with E-state index in [0.29, 0.717) is 65.1 Å². The number of hydrogen-bond acceptors (Lipinski definition) is 11. The Hall–Kier alpha value is -6.88. The van der Waals surface area contributed by atoms with Gasteiger partial charge in [-0.25, -0.2) is 9.59 Å². The number of carbonyl (C=O) groups is 3. The number of nitrogens with zero attached hydrogens (tertiary/aromatic N) is 2. The highest BCUT2D eigenvalue weighted by molar-refractivity contribution is 7.80. The van der Waals surface area contributed by atoms with Crippen LogP contribution in [0.1, 0.15) is 65.8 Å². The molecule has 3 atom stereocenters.